The highest BCUT2D eigenvalue weighted by Crippen LogP contribution is 2.47. The molecule has 1 saturated heterocycles. The largest absolute Gasteiger partial charge is 0.374 e. The summed E-state index contributed by atoms with van der Waals surface area (Å²) in [6, 6.07) is 35.4. The third-order valence-electron chi connectivity index (χ3n) is 8.01. The number of benzene rings is 4. The molecule has 5 atom stereocenters. The van der Waals surface area contributed by atoms with Gasteiger partial charge < -0.3 is 18.9 Å². The van der Waals surface area contributed by atoms with E-state index in [1.165, 1.54) is 0 Å². The second-order valence-corrected chi connectivity index (χ2v) is 13.1. The van der Waals surface area contributed by atoms with Crippen molar-refractivity contribution in [2.75, 3.05) is 12.4 Å². The van der Waals surface area contributed by atoms with Crippen molar-refractivity contribution < 1.29 is 27.4 Å². The SMILES string of the molecule is Cc1ccc2c(c1)[C@H]1O[C@H](COCc3ccccc3)[C@@H](OCc3ccccc3)[C@H](OCc3ccccc3)[C@H]1CS2(=O)=O. The second kappa shape index (κ2) is 12.9. The Morgan fingerprint density at radius 3 is 1.86 bits per heavy atom. The highest BCUT2D eigenvalue weighted by atomic mass is 32.2. The molecule has 0 radical (unpaired) electrons. The number of fused-ring (bicyclic) bond motifs is 3. The Hall–Kier alpha value is -3.33. The molecule has 0 amide bonds. The van der Waals surface area contributed by atoms with Crippen LogP contribution in [0, 0.1) is 12.8 Å². The van der Waals surface area contributed by atoms with E-state index in [0.717, 1.165) is 22.3 Å². The lowest BCUT2D eigenvalue weighted by atomic mass is 9.83. The van der Waals surface area contributed by atoms with E-state index in [-0.39, 0.29) is 12.4 Å². The lowest BCUT2D eigenvalue weighted by molar-refractivity contribution is -0.245. The Balaban J connectivity index is 1.34. The first-order valence-corrected chi connectivity index (χ1v) is 16.0. The van der Waals surface area contributed by atoms with E-state index >= 15 is 0 Å². The highest BCUT2D eigenvalue weighted by Gasteiger charge is 2.52. The first-order chi connectivity index (χ1) is 20.5. The normalized spacial score (nSPS) is 24.5. The summed E-state index contributed by atoms with van der Waals surface area (Å²) in [5, 5.41) is 0. The number of aryl methyl sites for hydroxylation is 1. The van der Waals surface area contributed by atoms with E-state index in [0.29, 0.717) is 30.3 Å². The van der Waals surface area contributed by atoms with Gasteiger partial charge in [-0.2, -0.15) is 0 Å². The molecule has 0 aromatic heterocycles. The molecule has 42 heavy (non-hydrogen) atoms. The molecule has 218 valence electrons. The molecule has 0 N–H and O–H groups in total. The van der Waals surface area contributed by atoms with Crippen LogP contribution in [-0.2, 0) is 48.6 Å². The summed E-state index contributed by atoms with van der Waals surface area (Å²) in [6.45, 7) is 3.35. The highest BCUT2D eigenvalue weighted by molar-refractivity contribution is 7.91. The van der Waals surface area contributed by atoms with E-state index in [1.54, 1.807) is 6.07 Å². The first-order valence-electron chi connectivity index (χ1n) is 14.4. The number of hydrogen-bond donors (Lipinski definition) is 0. The lowest BCUT2D eigenvalue weighted by Gasteiger charge is -2.48. The maximum absolute atomic E-state index is 13.6. The smallest absolute Gasteiger partial charge is 0.179 e. The topological polar surface area (TPSA) is 71.1 Å². The molecule has 4 aromatic carbocycles. The van der Waals surface area contributed by atoms with Gasteiger partial charge in [0.1, 0.15) is 12.2 Å². The summed E-state index contributed by atoms with van der Waals surface area (Å²) in [4.78, 5) is 0.337. The predicted octanol–water partition coefficient (Wildman–Crippen LogP) is 6.23. The zero-order chi connectivity index (χ0) is 28.9. The summed E-state index contributed by atoms with van der Waals surface area (Å²) in [7, 11) is -3.55. The molecule has 7 heteroatoms. The van der Waals surface area contributed by atoms with Crippen molar-refractivity contribution in [3.05, 3.63) is 137 Å². The number of sulfone groups is 1. The fourth-order valence-corrected chi connectivity index (χ4v) is 7.81. The Labute approximate surface area is 248 Å². The van der Waals surface area contributed by atoms with Gasteiger partial charge >= 0.3 is 0 Å². The van der Waals surface area contributed by atoms with Gasteiger partial charge in [-0.05, 0) is 29.7 Å². The molecular formula is C35H36O6S. The molecule has 0 unspecified atom stereocenters. The fraction of sp³-hybridized carbons (Fsp3) is 0.314. The molecule has 4 aromatic rings. The third kappa shape index (κ3) is 6.51. The van der Waals surface area contributed by atoms with Crippen LogP contribution in [0.5, 0.6) is 0 Å². The quantitative estimate of drug-likeness (QED) is 0.220. The van der Waals surface area contributed by atoms with Crippen molar-refractivity contribution in [1.82, 2.24) is 0 Å². The number of ether oxygens (including phenoxy) is 4. The van der Waals surface area contributed by atoms with E-state index in [1.807, 2.05) is 110 Å². The Bertz CT molecular complexity index is 1560. The second-order valence-electron chi connectivity index (χ2n) is 11.1. The standard InChI is InChI=1S/C35H36O6S/c1-25-17-18-32-29(19-25)33-30(24-42(32,36)37)34(39-21-27-13-7-3-8-14-27)35(40-22-28-15-9-4-10-16-28)31(41-33)23-38-20-26-11-5-2-6-12-26/h2-19,30-31,33-35H,20-24H2,1H3/t30-,31+,33+,34+,35+/m0/s1. The van der Waals surface area contributed by atoms with Gasteiger partial charge in [0.15, 0.2) is 9.84 Å². The van der Waals surface area contributed by atoms with E-state index in [4.69, 9.17) is 18.9 Å². The molecule has 2 heterocycles. The summed E-state index contributed by atoms with van der Waals surface area (Å²) in [6.07, 6.45) is -2.03. The Morgan fingerprint density at radius 1 is 0.714 bits per heavy atom. The molecule has 0 aliphatic carbocycles. The van der Waals surface area contributed by atoms with E-state index in [2.05, 4.69) is 0 Å². The fourth-order valence-electron chi connectivity index (χ4n) is 5.95. The molecule has 6 nitrogen and oxygen atoms in total. The van der Waals surface area contributed by atoms with Gasteiger partial charge in [0.2, 0.25) is 0 Å². The van der Waals surface area contributed by atoms with Crippen molar-refractivity contribution in [3.8, 4) is 0 Å². The lowest BCUT2D eigenvalue weighted by Crippen LogP contribution is -2.57. The minimum absolute atomic E-state index is 0.0734. The molecule has 2 aliphatic heterocycles. The Morgan fingerprint density at radius 2 is 1.26 bits per heavy atom. The van der Waals surface area contributed by atoms with Crippen LogP contribution in [0.1, 0.15) is 33.9 Å². The van der Waals surface area contributed by atoms with Gasteiger partial charge in [-0.3, -0.25) is 0 Å². The minimum atomic E-state index is -3.55. The average Bonchev–Trinajstić information content (AvgIpc) is 3.01. The summed E-state index contributed by atoms with van der Waals surface area (Å²) in [5.74, 6) is -0.519. The van der Waals surface area contributed by atoms with Crippen molar-refractivity contribution in [2.45, 2.75) is 56.1 Å². The van der Waals surface area contributed by atoms with Crippen LogP contribution >= 0.6 is 0 Å². The predicted molar refractivity (Wildman–Crippen MR) is 160 cm³/mol. The summed E-state index contributed by atoms with van der Waals surface area (Å²) in [5.41, 5.74) is 4.76. The van der Waals surface area contributed by atoms with Crippen LogP contribution in [0.4, 0.5) is 0 Å². The van der Waals surface area contributed by atoms with Gasteiger partial charge in [0, 0.05) is 11.5 Å². The molecule has 1 fully saturated rings. The zero-order valence-corrected chi connectivity index (χ0v) is 24.5. The van der Waals surface area contributed by atoms with Crippen molar-refractivity contribution >= 4 is 9.84 Å². The Kier molecular flexibility index (Phi) is 8.84. The molecule has 0 saturated carbocycles. The maximum atomic E-state index is 13.6. The van der Waals surface area contributed by atoms with Crippen molar-refractivity contribution in [1.29, 1.82) is 0 Å². The number of rotatable bonds is 10. The molecule has 0 spiro atoms. The molecule has 0 bridgehead atoms. The average molecular weight is 585 g/mol. The molecule has 6 rings (SSSR count). The number of hydrogen-bond acceptors (Lipinski definition) is 6. The maximum Gasteiger partial charge on any atom is 0.179 e. The zero-order valence-electron chi connectivity index (χ0n) is 23.7. The molecule has 2 aliphatic rings. The van der Waals surface area contributed by atoms with Crippen LogP contribution in [0.15, 0.2) is 114 Å². The monoisotopic (exact) mass is 584 g/mol. The van der Waals surface area contributed by atoms with Crippen LogP contribution in [0.2, 0.25) is 0 Å². The van der Waals surface area contributed by atoms with Gasteiger partial charge in [-0.25, -0.2) is 8.42 Å². The van der Waals surface area contributed by atoms with Crippen LogP contribution in [0.3, 0.4) is 0 Å². The summed E-state index contributed by atoms with van der Waals surface area (Å²) >= 11 is 0. The van der Waals surface area contributed by atoms with Crippen molar-refractivity contribution in [3.63, 3.8) is 0 Å². The first kappa shape index (κ1) is 28.8. The van der Waals surface area contributed by atoms with Crippen LogP contribution < -0.4 is 0 Å². The molecular weight excluding hydrogens is 548 g/mol. The van der Waals surface area contributed by atoms with Gasteiger partial charge in [0.25, 0.3) is 0 Å². The summed E-state index contributed by atoms with van der Waals surface area (Å²) < 4.78 is 53.4. The van der Waals surface area contributed by atoms with Crippen LogP contribution in [-0.4, -0.2) is 39.1 Å². The third-order valence-corrected chi connectivity index (χ3v) is 9.87. The van der Waals surface area contributed by atoms with E-state index in [9.17, 15) is 8.42 Å². The van der Waals surface area contributed by atoms with Gasteiger partial charge in [0.05, 0.1) is 49.3 Å². The minimum Gasteiger partial charge on any atom is -0.374 e. The van der Waals surface area contributed by atoms with Crippen LogP contribution in [0.25, 0.3) is 0 Å². The van der Waals surface area contributed by atoms with E-state index < -0.39 is 40.2 Å². The van der Waals surface area contributed by atoms with Gasteiger partial charge in [-0.15, -0.1) is 0 Å². The van der Waals surface area contributed by atoms with Gasteiger partial charge in [-0.1, -0.05) is 109 Å². The van der Waals surface area contributed by atoms with Crippen molar-refractivity contribution in [2.24, 2.45) is 5.92 Å².